The largest absolute Gasteiger partial charge is 0.373 e. The van der Waals surface area contributed by atoms with Gasteiger partial charge in [0, 0.05) is 25.8 Å². The molecule has 1 aromatic carbocycles. The van der Waals surface area contributed by atoms with Crippen molar-refractivity contribution in [2.45, 2.75) is 20.3 Å². The minimum Gasteiger partial charge on any atom is -0.373 e. The lowest BCUT2D eigenvalue weighted by Crippen LogP contribution is -2.30. The molecule has 0 unspecified atom stereocenters. The molecule has 0 atom stereocenters. The fourth-order valence-corrected chi connectivity index (χ4v) is 3.04. The van der Waals surface area contributed by atoms with Crippen LogP contribution in [-0.4, -0.2) is 26.7 Å². The second kappa shape index (κ2) is 7.46. The summed E-state index contributed by atoms with van der Waals surface area (Å²) >= 11 is 1.77. The van der Waals surface area contributed by atoms with Crippen LogP contribution in [0.5, 0.6) is 0 Å². The van der Waals surface area contributed by atoms with Crippen LogP contribution in [0.3, 0.4) is 0 Å². The molecule has 1 heterocycles. The van der Waals surface area contributed by atoms with Gasteiger partial charge in [-0.05, 0) is 72.5 Å². The zero-order chi connectivity index (χ0) is 14.4. The zero-order valence-electron chi connectivity index (χ0n) is 12.6. The van der Waals surface area contributed by atoms with Gasteiger partial charge in [-0.25, -0.2) is 0 Å². The number of anilines is 1. The van der Waals surface area contributed by atoms with Crippen LogP contribution < -0.4 is 10.2 Å². The highest BCUT2D eigenvalue weighted by atomic mass is 32.1. The van der Waals surface area contributed by atoms with E-state index in [1.807, 2.05) is 0 Å². The van der Waals surface area contributed by atoms with Gasteiger partial charge in [-0.3, -0.25) is 0 Å². The molecule has 0 aliphatic rings. The molecule has 0 bridgehead atoms. The van der Waals surface area contributed by atoms with Crippen LogP contribution in [0.4, 0.5) is 5.69 Å². The van der Waals surface area contributed by atoms with E-state index < -0.39 is 0 Å². The second-order valence-corrected chi connectivity index (χ2v) is 6.18. The highest BCUT2D eigenvalue weighted by Gasteiger charge is 2.02. The monoisotopic (exact) mass is 288 g/mol. The van der Waals surface area contributed by atoms with Crippen LogP contribution in [0, 0.1) is 13.8 Å². The van der Waals surface area contributed by atoms with E-state index in [0.29, 0.717) is 0 Å². The van der Waals surface area contributed by atoms with Crippen molar-refractivity contribution >= 4 is 17.0 Å². The van der Waals surface area contributed by atoms with Gasteiger partial charge in [-0.2, -0.15) is 11.3 Å². The highest BCUT2D eigenvalue weighted by molar-refractivity contribution is 7.07. The maximum Gasteiger partial charge on any atom is 0.0369 e. The number of aryl methyl sites for hydroxylation is 2. The van der Waals surface area contributed by atoms with Crippen molar-refractivity contribution < 1.29 is 0 Å². The average Bonchev–Trinajstić information content (AvgIpc) is 2.90. The first-order valence-electron chi connectivity index (χ1n) is 7.16. The molecule has 0 aliphatic carbocycles. The van der Waals surface area contributed by atoms with Crippen molar-refractivity contribution in [1.82, 2.24) is 5.32 Å². The minimum atomic E-state index is 1.02. The van der Waals surface area contributed by atoms with Crippen molar-refractivity contribution in [2.24, 2.45) is 0 Å². The van der Waals surface area contributed by atoms with E-state index in [9.17, 15) is 0 Å². The van der Waals surface area contributed by atoms with E-state index in [-0.39, 0.29) is 0 Å². The molecule has 0 amide bonds. The van der Waals surface area contributed by atoms with E-state index in [0.717, 1.165) is 26.1 Å². The predicted octanol–water partition coefficient (Wildman–Crippen LogP) is 3.63. The molecule has 2 nitrogen and oxygen atoms in total. The van der Waals surface area contributed by atoms with Crippen LogP contribution in [0.15, 0.2) is 35.0 Å². The summed E-state index contributed by atoms with van der Waals surface area (Å²) < 4.78 is 0. The zero-order valence-corrected chi connectivity index (χ0v) is 13.5. The number of likely N-dealkylation sites (N-methyl/N-ethyl adjacent to an activating group) is 1. The van der Waals surface area contributed by atoms with E-state index in [1.54, 1.807) is 11.3 Å². The Kier molecular flexibility index (Phi) is 5.62. The number of nitrogens with zero attached hydrogens (tertiary/aromatic N) is 1. The van der Waals surface area contributed by atoms with Crippen molar-refractivity contribution in [3.8, 4) is 0 Å². The third kappa shape index (κ3) is 4.66. The molecule has 0 spiro atoms. The van der Waals surface area contributed by atoms with E-state index >= 15 is 0 Å². The summed E-state index contributed by atoms with van der Waals surface area (Å²) in [6, 6.07) is 8.92. The Labute approximate surface area is 126 Å². The summed E-state index contributed by atoms with van der Waals surface area (Å²) in [5.74, 6) is 0. The Hall–Kier alpha value is -1.32. The fraction of sp³-hybridized carbons (Fsp3) is 0.412. The molecular formula is C17H24N2S. The first kappa shape index (κ1) is 15.1. The van der Waals surface area contributed by atoms with E-state index in [4.69, 9.17) is 0 Å². The van der Waals surface area contributed by atoms with E-state index in [1.165, 1.54) is 22.4 Å². The number of benzene rings is 1. The molecule has 108 valence electrons. The average molecular weight is 288 g/mol. The van der Waals surface area contributed by atoms with Crippen LogP contribution in [0.25, 0.3) is 0 Å². The first-order chi connectivity index (χ1) is 9.65. The van der Waals surface area contributed by atoms with Crippen LogP contribution >= 0.6 is 11.3 Å². The van der Waals surface area contributed by atoms with Crippen molar-refractivity contribution in [3.05, 3.63) is 51.7 Å². The Morgan fingerprint density at radius 2 is 1.85 bits per heavy atom. The Morgan fingerprint density at radius 3 is 2.50 bits per heavy atom. The maximum atomic E-state index is 3.52. The molecule has 2 aromatic rings. The molecule has 0 radical (unpaired) electrons. The molecular weight excluding hydrogens is 264 g/mol. The summed E-state index contributed by atoms with van der Waals surface area (Å²) in [6.45, 7) is 7.42. The van der Waals surface area contributed by atoms with Crippen LogP contribution in [0.1, 0.15) is 16.7 Å². The topological polar surface area (TPSA) is 15.3 Å². The molecule has 0 aliphatic heterocycles. The Morgan fingerprint density at radius 1 is 1.10 bits per heavy atom. The summed E-state index contributed by atoms with van der Waals surface area (Å²) in [4.78, 5) is 2.32. The van der Waals surface area contributed by atoms with Crippen LogP contribution in [0.2, 0.25) is 0 Å². The van der Waals surface area contributed by atoms with Gasteiger partial charge < -0.3 is 10.2 Å². The molecule has 1 N–H and O–H groups in total. The van der Waals surface area contributed by atoms with Gasteiger partial charge >= 0.3 is 0 Å². The lowest BCUT2D eigenvalue weighted by atomic mass is 10.1. The smallest absolute Gasteiger partial charge is 0.0369 e. The molecule has 3 heteroatoms. The summed E-state index contributed by atoms with van der Waals surface area (Å²) in [6.07, 6.45) is 1.12. The normalized spacial score (nSPS) is 10.8. The number of nitrogens with one attached hydrogen (secondary N) is 1. The quantitative estimate of drug-likeness (QED) is 0.783. The van der Waals surface area contributed by atoms with Crippen molar-refractivity contribution in [3.63, 3.8) is 0 Å². The van der Waals surface area contributed by atoms with Crippen molar-refractivity contribution in [2.75, 3.05) is 31.6 Å². The number of thiophene rings is 1. The lowest BCUT2D eigenvalue weighted by Gasteiger charge is -2.20. The standard InChI is InChI=1S/C17H24N2S/c1-14-10-15(2)12-17(11-14)19(3)8-7-18-6-4-16-5-9-20-13-16/h5,9-13,18H,4,6-8H2,1-3H3. The number of rotatable bonds is 7. The summed E-state index contributed by atoms with van der Waals surface area (Å²) in [5.41, 5.74) is 5.40. The Bertz CT molecular complexity index is 500. The maximum absolute atomic E-state index is 3.52. The minimum absolute atomic E-state index is 1.02. The third-order valence-electron chi connectivity index (χ3n) is 3.44. The van der Waals surface area contributed by atoms with Gasteiger partial charge in [0.25, 0.3) is 0 Å². The van der Waals surface area contributed by atoms with Crippen LogP contribution in [-0.2, 0) is 6.42 Å². The molecule has 20 heavy (non-hydrogen) atoms. The lowest BCUT2D eigenvalue weighted by molar-refractivity contribution is 0.676. The number of hydrogen-bond donors (Lipinski definition) is 1. The van der Waals surface area contributed by atoms with Gasteiger partial charge in [0.15, 0.2) is 0 Å². The number of hydrogen-bond acceptors (Lipinski definition) is 3. The summed E-state index contributed by atoms with van der Waals surface area (Å²) in [7, 11) is 2.16. The van der Waals surface area contributed by atoms with Gasteiger partial charge in [-0.15, -0.1) is 0 Å². The fourth-order valence-electron chi connectivity index (χ4n) is 2.34. The molecule has 1 aromatic heterocycles. The molecule has 0 saturated carbocycles. The Balaban J connectivity index is 1.70. The highest BCUT2D eigenvalue weighted by Crippen LogP contribution is 2.16. The molecule has 0 saturated heterocycles. The third-order valence-corrected chi connectivity index (χ3v) is 4.17. The van der Waals surface area contributed by atoms with Gasteiger partial charge in [-0.1, -0.05) is 6.07 Å². The van der Waals surface area contributed by atoms with Gasteiger partial charge in [0.1, 0.15) is 0 Å². The second-order valence-electron chi connectivity index (χ2n) is 5.40. The molecule has 2 rings (SSSR count). The SMILES string of the molecule is Cc1cc(C)cc(N(C)CCNCCc2ccsc2)c1. The molecule has 0 fully saturated rings. The van der Waals surface area contributed by atoms with E-state index in [2.05, 4.69) is 66.1 Å². The predicted molar refractivity (Wildman–Crippen MR) is 90.1 cm³/mol. The first-order valence-corrected chi connectivity index (χ1v) is 8.10. The van der Waals surface area contributed by atoms with Crippen molar-refractivity contribution in [1.29, 1.82) is 0 Å². The van der Waals surface area contributed by atoms with Gasteiger partial charge in [0.2, 0.25) is 0 Å². The summed E-state index contributed by atoms with van der Waals surface area (Å²) in [5, 5.41) is 7.88. The van der Waals surface area contributed by atoms with Gasteiger partial charge in [0.05, 0.1) is 0 Å².